The number of aryl methyl sites for hydroxylation is 2. The molecule has 0 spiro atoms. The highest BCUT2D eigenvalue weighted by Crippen LogP contribution is 2.42. The molecule has 9 rings (SSSR count). The minimum atomic E-state index is -4.80. The number of nitriles is 1. The lowest BCUT2D eigenvalue weighted by atomic mass is 9.92. The second-order valence-corrected chi connectivity index (χ2v) is 20.1. The average molecular weight is 1030 g/mol. The molecule has 5 aromatic rings. The maximum Gasteiger partial charge on any atom is 0.417 e. The summed E-state index contributed by atoms with van der Waals surface area (Å²) in [6.45, 7) is 9.33. The van der Waals surface area contributed by atoms with Crippen LogP contribution in [0.5, 0.6) is 5.75 Å². The van der Waals surface area contributed by atoms with E-state index in [1.54, 1.807) is 53.8 Å². The quantitative estimate of drug-likeness (QED) is 0.0386. The van der Waals surface area contributed by atoms with Gasteiger partial charge in [0.15, 0.2) is 5.11 Å². The third-order valence-electron chi connectivity index (χ3n) is 14.5. The van der Waals surface area contributed by atoms with E-state index in [4.69, 9.17) is 17.0 Å². The fourth-order valence-corrected chi connectivity index (χ4v) is 11.0. The number of halogens is 5. The van der Waals surface area contributed by atoms with Gasteiger partial charge < -0.3 is 29.7 Å². The van der Waals surface area contributed by atoms with Gasteiger partial charge in [-0.15, -0.1) is 0 Å². The van der Waals surface area contributed by atoms with Gasteiger partial charge in [-0.3, -0.25) is 24.6 Å². The molecule has 2 N–H and O–H groups in total. The third-order valence-corrected chi connectivity index (χ3v) is 14.9. The summed E-state index contributed by atoms with van der Waals surface area (Å²) in [5.74, 6) is 0.393. The second-order valence-electron chi connectivity index (χ2n) is 19.7. The molecular weight excluding hydrogens is 976 g/mol. The van der Waals surface area contributed by atoms with Crippen molar-refractivity contribution in [3.8, 4) is 34.1 Å². The average Bonchev–Trinajstić information content (AvgIpc) is 3.90. The first kappa shape index (κ1) is 51.7. The number of carbonyl (C=O) groups excluding carboxylic acids is 2. The fraction of sp³-hybridized carbons (Fsp3) is 0.382. The van der Waals surface area contributed by atoms with Gasteiger partial charge in [0.1, 0.15) is 17.1 Å². The van der Waals surface area contributed by atoms with E-state index in [9.17, 15) is 42.2 Å². The van der Waals surface area contributed by atoms with Crippen LogP contribution in [0, 0.1) is 16.7 Å². The number of thiocarbonyl (C=S) groups is 1. The Morgan fingerprint density at radius 1 is 0.959 bits per heavy atom. The Hall–Kier alpha value is -7.17. The molecule has 13 nitrogen and oxygen atoms in total. The van der Waals surface area contributed by atoms with Crippen molar-refractivity contribution in [2.24, 2.45) is 7.05 Å². The number of ether oxygens (including phenoxy) is 1. The Labute approximate surface area is 432 Å². The number of benzene rings is 4. The van der Waals surface area contributed by atoms with Gasteiger partial charge in [-0.1, -0.05) is 24.3 Å². The summed E-state index contributed by atoms with van der Waals surface area (Å²) in [4.78, 5) is 35.0. The molecule has 2 saturated heterocycles. The van der Waals surface area contributed by atoms with E-state index in [0.29, 0.717) is 55.0 Å². The summed E-state index contributed by atoms with van der Waals surface area (Å²) in [6.07, 6.45) is 0.467. The normalized spacial score (nSPS) is 17.5. The summed E-state index contributed by atoms with van der Waals surface area (Å²) in [5, 5.41) is 26.8. The van der Waals surface area contributed by atoms with Crippen molar-refractivity contribution >= 4 is 52.0 Å². The molecule has 386 valence electrons. The zero-order valence-electron chi connectivity index (χ0n) is 41.6. The van der Waals surface area contributed by atoms with Gasteiger partial charge in [-0.2, -0.15) is 23.5 Å². The first-order valence-corrected chi connectivity index (χ1v) is 25.1. The number of fused-ring (bicyclic) bond motifs is 1. The van der Waals surface area contributed by atoms with Crippen molar-refractivity contribution in [2.45, 2.75) is 83.5 Å². The van der Waals surface area contributed by atoms with Crippen molar-refractivity contribution < 1.29 is 36.3 Å². The van der Waals surface area contributed by atoms with Crippen molar-refractivity contribution in [3.63, 3.8) is 0 Å². The lowest BCUT2D eigenvalue weighted by Gasteiger charge is -2.39. The molecule has 4 aliphatic heterocycles. The van der Waals surface area contributed by atoms with Crippen LogP contribution in [0.4, 0.5) is 39.0 Å². The molecular formula is C55H57F5N10O3S. The van der Waals surface area contributed by atoms with E-state index in [0.717, 1.165) is 96.1 Å². The largest absolute Gasteiger partial charge is 0.494 e. The number of alkyl halides is 5. The summed E-state index contributed by atoms with van der Waals surface area (Å²) in [5.41, 5.74) is 3.60. The summed E-state index contributed by atoms with van der Waals surface area (Å²) in [6, 6.07) is 23.4. The first-order chi connectivity index (χ1) is 35.3. The number of amides is 2. The monoisotopic (exact) mass is 1030 g/mol. The van der Waals surface area contributed by atoms with Gasteiger partial charge in [-0.05, 0) is 135 Å². The molecule has 4 aromatic carbocycles. The predicted molar refractivity (Wildman–Crippen MR) is 278 cm³/mol. The van der Waals surface area contributed by atoms with E-state index in [-0.39, 0.29) is 40.7 Å². The number of hydrogen-bond donors (Lipinski definition) is 2. The molecule has 74 heavy (non-hydrogen) atoms. The van der Waals surface area contributed by atoms with E-state index in [1.165, 1.54) is 19.1 Å². The molecule has 4 aliphatic rings. The van der Waals surface area contributed by atoms with Crippen LogP contribution in [-0.4, -0.2) is 99.8 Å². The van der Waals surface area contributed by atoms with Gasteiger partial charge >= 0.3 is 6.18 Å². The Morgan fingerprint density at radius 2 is 1.65 bits per heavy atom. The van der Waals surface area contributed by atoms with Crippen LogP contribution in [0.3, 0.4) is 0 Å². The number of piperidine rings is 1. The molecule has 0 radical (unpaired) electrons. The number of hydrogen-bond acceptors (Lipinski definition) is 9. The number of rotatable bonds is 13. The van der Waals surface area contributed by atoms with Gasteiger partial charge in [0, 0.05) is 99.1 Å². The Bertz CT molecular complexity index is 3050. The van der Waals surface area contributed by atoms with Crippen LogP contribution in [-0.2, 0) is 29.2 Å². The molecule has 0 bridgehead atoms. The van der Waals surface area contributed by atoms with E-state index in [2.05, 4.69) is 15.3 Å². The number of aromatic nitrogens is 2. The zero-order valence-corrected chi connectivity index (χ0v) is 42.4. The lowest BCUT2D eigenvalue weighted by molar-refractivity contribution is -0.137. The number of amidine groups is 1. The number of nitrogens with one attached hydrogen (secondary N) is 2. The van der Waals surface area contributed by atoms with Gasteiger partial charge in [0.25, 0.3) is 12.3 Å². The van der Waals surface area contributed by atoms with Crippen LogP contribution in [0.2, 0.25) is 0 Å². The molecule has 0 aliphatic carbocycles. The second kappa shape index (κ2) is 21.0. The van der Waals surface area contributed by atoms with Gasteiger partial charge in [-0.25, -0.2) is 8.78 Å². The van der Waals surface area contributed by atoms with Crippen LogP contribution < -0.4 is 24.8 Å². The van der Waals surface area contributed by atoms with Gasteiger partial charge in [0.2, 0.25) is 5.91 Å². The lowest BCUT2D eigenvalue weighted by Crippen LogP contribution is -2.48. The number of anilines is 3. The Morgan fingerprint density at radius 3 is 2.28 bits per heavy atom. The van der Waals surface area contributed by atoms with Crippen LogP contribution >= 0.6 is 12.2 Å². The summed E-state index contributed by atoms with van der Waals surface area (Å²) < 4.78 is 78.4. The first-order valence-electron chi connectivity index (χ1n) is 24.7. The van der Waals surface area contributed by atoms with Crippen LogP contribution in [0.25, 0.3) is 22.3 Å². The highest BCUT2D eigenvalue weighted by molar-refractivity contribution is 7.81. The van der Waals surface area contributed by atoms with E-state index in [1.807, 2.05) is 59.5 Å². The molecule has 19 heteroatoms. The van der Waals surface area contributed by atoms with Crippen molar-refractivity contribution in [1.29, 1.82) is 10.7 Å². The standard InChI is InChI=1S/C55H57F5N10O3S/c1-34(71)67-25-20-48(46(33-67)51(62)68-22-5-7-37-27-44(39-31-63-65(4)32-39)45(50(56)57)29-49(37)68)64-40-18-23-66(24-19-40)21-6-26-73-43-16-11-36(12-17-43)35-8-13-41(14-9-35)70-53(74)69(52(72)54(70,2)3)42-15-10-38(30-61)47(28-42)55(58,59)60/h8-17,27-29,31-32,40,50,62,64H,5-7,18-26,33H2,1-4H3. The number of carbonyl (C=O) groups is 2. The fourth-order valence-electron chi connectivity index (χ4n) is 10.5. The summed E-state index contributed by atoms with van der Waals surface area (Å²) >= 11 is 5.70. The topological polar surface area (TPSA) is 137 Å². The van der Waals surface area contributed by atoms with Crippen molar-refractivity contribution in [2.75, 3.05) is 60.6 Å². The van der Waals surface area contributed by atoms with Crippen LogP contribution in [0.1, 0.15) is 81.6 Å². The minimum absolute atomic E-state index is 0.0215. The molecule has 0 atom stereocenters. The SMILES string of the molecule is CC(=O)N1CCC(NC2CCN(CCCOc3ccc(-c4ccc(N5C(=S)N(c6ccc(C#N)c(C(F)(F)F)c6)C(=O)C5(C)C)cc4)cc3)CC2)=C(C(=N)N2CCCc3cc(-c4cnn(C)c4)c(C(F)F)cc32)C1. The molecule has 0 unspecified atom stereocenters. The zero-order chi connectivity index (χ0) is 52.6. The highest BCUT2D eigenvalue weighted by atomic mass is 32.1. The van der Waals surface area contributed by atoms with Crippen LogP contribution in [0.15, 0.2) is 103 Å². The number of nitrogens with zero attached hydrogens (tertiary/aromatic N) is 8. The molecule has 1 aromatic heterocycles. The molecule has 2 fully saturated rings. The van der Waals surface area contributed by atoms with E-state index >= 15 is 0 Å². The predicted octanol–water partition coefficient (Wildman–Crippen LogP) is 10.3. The Balaban J connectivity index is 0.774. The summed E-state index contributed by atoms with van der Waals surface area (Å²) in [7, 11) is 1.75. The maximum atomic E-state index is 14.6. The van der Waals surface area contributed by atoms with Crippen molar-refractivity contribution in [1.82, 2.24) is 24.9 Å². The molecule has 2 amide bonds. The number of likely N-dealkylation sites (tertiary alicyclic amines) is 1. The third kappa shape index (κ3) is 10.5. The van der Waals surface area contributed by atoms with Gasteiger partial charge in [0.05, 0.1) is 42.2 Å². The Kier molecular flexibility index (Phi) is 14.7. The van der Waals surface area contributed by atoms with E-state index < -0.39 is 35.2 Å². The highest BCUT2D eigenvalue weighted by Gasteiger charge is 2.51. The molecule has 0 saturated carbocycles. The van der Waals surface area contributed by atoms with Crippen molar-refractivity contribution in [3.05, 3.63) is 125 Å². The maximum absolute atomic E-state index is 14.6. The minimum Gasteiger partial charge on any atom is -0.494 e. The molecule has 5 heterocycles. The smallest absolute Gasteiger partial charge is 0.417 e.